The Morgan fingerprint density at radius 1 is 1.53 bits per heavy atom. The SMILES string of the molecule is CC(=O)CC1(c2cccc(Br)c2)COC1. The molecular weight excluding hydrogens is 256 g/mol. The Balaban J connectivity index is 2.29. The summed E-state index contributed by atoms with van der Waals surface area (Å²) < 4.78 is 6.32. The summed E-state index contributed by atoms with van der Waals surface area (Å²) in [5, 5.41) is 0. The first-order valence-corrected chi connectivity index (χ1v) is 5.75. The molecule has 0 aliphatic carbocycles. The summed E-state index contributed by atoms with van der Waals surface area (Å²) in [7, 11) is 0. The highest BCUT2D eigenvalue weighted by Crippen LogP contribution is 2.36. The third-order valence-corrected chi connectivity index (χ3v) is 3.27. The van der Waals surface area contributed by atoms with Gasteiger partial charge in [0.25, 0.3) is 0 Å². The maximum atomic E-state index is 11.2. The predicted molar refractivity (Wildman–Crippen MR) is 61.9 cm³/mol. The highest BCUT2D eigenvalue weighted by molar-refractivity contribution is 9.10. The molecule has 80 valence electrons. The number of hydrogen-bond acceptors (Lipinski definition) is 2. The third kappa shape index (κ3) is 2.13. The fourth-order valence-electron chi connectivity index (χ4n) is 2.01. The zero-order valence-electron chi connectivity index (χ0n) is 8.63. The molecule has 0 spiro atoms. The molecule has 0 unspecified atom stereocenters. The molecule has 1 aromatic carbocycles. The van der Waals surface area contributed by atoms with Crippen LogP contribution < -0.4 is 0 Å². The van der Waals surface area contributed by atoms with Crippen LogP contribution >= 0.6 is 15.9 Å². The van der Waals surface area contributed by atoms with Crippen molar-refractivity contribution in [2.75, 3.05) is 13.2 Å². The molecule has 0 amide bonds. The van der Waals surface area contributed by atoms with Crippen molar-refractivity contribution in [2.24, 2.45) is 0 Å². The summed E-state index contributed by atoms with van der Waals surface area (Å²) in [6, 6.07) is 8.13. The van der Waals surface area contributed by atoms with Gasteiger partial charge in [0.2, 0.25) is 0 Å². The molecule has 0 saturated carbocycles. The van der Waals surface area contributed by atoms with E-state index in [9.17, 15) is 4.79 Å². The fourth-order valence-corrected chi connectivity index (χ4v) is 2.41. The Hall–Kier alpha value is -0.670. The molecule has 3 heteroatoms. The number of hydrogen-bond donors (Lipinski definition) is 0. The molecule has 0 N–H and O–H groups in total. The summed E-state index contributed by atoms with van der Waals surface area (Å²) in [4.78, 5) is 11.2. The standard InChI is InChI=1S/C12H13BrO2/c1-9(14)6-12(7-15-8-12)10-3-2-4-11(13)5-10/h2-5H,6-8H2,1H3. The van der Waals surface area contributed by atoms with Crippen LogP contribution in [0.4, 0.5) is 0 Å². The van der Waals surface area contributed by atoms with Crippen LogP contribution in [0, 0.1) is 0 Å². The molecule has 0 radical (unpaired) electrons. The molecule has 1 aliphatic heterocycles. The van der Waals surface area contributed by atoms with Crippen molar-refractivity contribution in [1.82, 2.24) is 0 Å². The number of Topliss-reactive ketones (excluding diaryl/α,β-unsaturated/α-hetero) is 1. The second kappa shape index (κ2) is 4.06. The molecule has 1 aromatic rings. The van der Waals surface area contributed by atoms with Crippen LogP contribution in [0.5, 0.6) is 0 Å². The minimum Gasteiger partial charge on any atom is -0.379 e. The van der Waals surface area contributed by atoms with Crippen LogP contribution in [0.2, 0.25) is 0 Å². The quantitative estimate of drug-likeness (QED) is 0.843. The van der Waals surface area contributed by atoms with Gasteiger partial charge in [-0.2, -0.15) is 0 Å². The van der Waals surface area contributed by atoms with Gasteiger partial charge in [-0.3, -0.25) is 4.79 Å². The average Bonchev–Trinajstić information content (AvgIpc) is 2.11. The lowest BCUT2D eigenvalue weighted by atomic mass is 9.75. The van der Waals surface area contributed by atoms with Crippen molar-refractivity contribution in [3.8, 4) is 0 Å². The number of carbonyl (C=O) groups excluding carboxylic acids is 1. The van der Waals surface area contributed by atoms with Gasteiger partial charge in [0.15, 0.2) is 0 Å². The first kappa shape index (κ1) is 10.8. The van der Waals surface area contributed by atoms with Crippen LogP contribution in [-0.2, 0) is 14.9 Å². The summed E-state index contributed by atoms with van der Waals surface area (Å²) >= 11 is 3.45. The first-order chi connectivity index (χ1) is 7.12. The molecule has 1 heterocycles. The predicted octanol–water partition coefficient (Wildman–Crippen LogP) is 2.70. The van der Waals surface area contributed by atoms with E-state index in [1.54, 1.807) is 6.92 Å². The van der Waals surface area contributed by atoms with Gasteiger partial charge in [-0.15, -0.1) is 0 Å². The fraction of sp³-hybridized carbons (Fsp3) is 0.417. The molecule has 1 fully saturated rings. The first-order valence-electron chi connectivity index (χ1n) is 4.96. The van der Waals surface area contributed by atoms with E-state index in [4.69, 9.17) is 4.74 Å². The average molecular weight is 269 g/mol. The van der Waals surface area contributed by atoms with E-state index in [2.05, 4.69) is 28.1 Å². The van der Waals surface area contributed by atoms with E-state index >= 15 is 0 Å². The number of ether oxygens (including phenoxy) is 1. The number of ketones is 1. The number of rotatable bonds is 3. The Kier molecular flexibility index (Phi) is 2.94. The van der Waals surface area contributed by atoms with Crippen LogP contribution in [0.15, 0.2) is 28.7 Å². The summed E-state index contributed by atoms with van der Waals surface area (Å²) in [6.07, 6.45) is 0.573. The van der Waals surface area contributed by atoms with E-state index < -0.39 is 0 Å². The van der Waals surface area contributed by atoms with Crippen molar-refractivity contribution in [1.29, 1.82) is 0 Å². The Morgan fingerprint density at radius 3 is 2.73 bits per heavy atom. The maximum Gasteiger partial charge on any atom is 0.130 e. The molecule has 1 aliphatic rings. The second-order valence-electron chi connectivity index (χ2n) is 4.16. The second-order valence-corrected chi connectivity index (χ2v) is 5.08. The monoisotopic (exact) mass is 268 g/mol. The molecule has 15 heavy (non-hydrogen) atoms. The molecule has 2 nitrogen and oxygen atoms in total. The van der Waals surface area contributed by atoms with Gasteiger partial charge in [0.1, 0.15) is 5.78 Å². The van der Waals surface area contributed by atoms with E-state index in [1.165, 1.54) is 5.56 Å². The minimum atomic E-state index is -0.0738. The zero-order chi connectivity index (χ0) is 10.9. The molecule has 2 rings (SSSR count). The van der Waals surface area contributed by atoms with Gasteiger partial charge in [-0.25, -0.2) is 0 Å². The van der Waals surface area contributed by atoms with Gasteiger partial charge in [0, 0.05) is 16.3 Å². The Bertz CT molecular complexity index is 383. The molecular formula is C12H13BrO2. The van der Waals surface area contributed by atoms with Crippen molar-refractivity contribution in [3.05, 3.63) is 34.3 Å². The summed E-state index contributed by atoms with van der Waals surface area (Å²) in [6.45, 7) is 2.95. The Morgan fingerprint density at radius 2 is 2.27 bits per heavy atom. The van der Waals surface area contributed by atoms with Crippen molar-refractivity contribution >= 4 is 21.7 Å². The van der Waals surface area contributed by atoms with Crippen molar-refractivity contribution in [2.45, 2.75) is 18.8 Å². The van der Waals surface area contributed by atoms with Crippen molar-refractivity contribution in [3.63, 3.8) is 0 Å². The highest BCUT2D eigenvalue weighted by atomic mass is 79.9. The molecule has 1 saturated heterocycles. The van der Waals surface area contributed by atoms with Crippen LogP contribution in [0.25, 0.3) is 0 Å². The minimum absolute atomic E-state index is 0.0738. The molecule has 0 bridgehead atoms. The largest absolute Gasteiger partial charge is 0.379 e. The van der Waals surface area contributed by atoms with Crippen LogP contribution in [0.3, 0.4) is 0 Å². The van der Waals surface area contributed by atoms with Gasteiger partial charge in [-0.05, 0) is 24.6 Å². The smallest absolute Gasteiger partial charge is 0.130 e. The van der Waals surface area contributed by atoms with Crippen molar-refractivity contribution < 1.29 is 9.53 Å². The van der Waals surface area contributed by atoms with Gasteiger partial charge < -0.3 is 4.74 Å². The van der Waals surface area contributed by atoms with E-state index in [0.29, 0.717) is 19.6 Å². The van der Waals surface area contributed by atoms with Gasteiger partial charge >= 0.3 is 0 Å². The number of benzene rings is 1. The maximum absolute atomic E-state index is 11.2. The topological polar surface area (TPSA) is 26.3 Å². The number of carbonyl (C=O) groups is 1. The van der Waals surface area contributed by atoms with Gasteiger partial charge in [-0.1, -0.05) is 28.1 Å². The zero-order valence-corrected chi connectivity index (χ0v) is 10.2. The lowest BCUT2D eigenvalue weighted by Gasteiger charge is -2.41. The highest BCUT2D eigenvalue weighted by Gasteiger charge is 2.41. The molecule has 0 atom stereocenters. The lowest BCUT2D eigenvalue weighted by Crippen LogP contribution is -2.47. The van der Waals surface area contributed by atoms with E-state index in [1.807, 2.05) is 12.1 Å². The summed E-state index contributed by atoms with van der Waals surface area (Å²) in [5.74, 6) is 0.221. The normalized spacial score (nSPS) is 18.3. The van der Waals surface area contributed by atoms with E-state index in [0.717, 1.165) is 4.47 Å². The van der Waals surface area contributed by atoms with E-state index in [-0.39, 0.29) is 11.2 Å². The number of halogens is 1. The molecule has 0 aromatic heterocycles. The Labute approximate surface area is 97.8 Å². The summed E-state index contributed by atoms with van der Waals surface area (Å²) in [5.41, 5.74) is 1.12. The van der Waals surface area contributed by atoms with Crippen LogP contribution in [-0.4, -0.2) is 19.0 Å². The third-order valence-electron chi connectivity index (χ3n) is 2.78. The van der Waals surface area contributed by atoms with Gasteiger partial charge in [0.05, 0.1) is 13.2 Å². The lowest BCUT2D eigenvalue weighted by molar-refractivity contribution is -0.125. The van der Waals surface area contributed by atoms with Crippen LogP contribution in [0.1, 0.15) is 18.9 Å².